The fourth-order valence-electron chi connectivity index (χ4n) is 6.53. The Labute approximate surface area is 256 Å². The van der Waals surface area contributed by atoms with Gasteiger partial charge >= 0.3 is 0 Å². The highest BCUT2D eigenvalue weighted by molar-refractivity contribution is 6.30. The van der Waals surface area contributed by atoms with E-state index < -0.39 is 17.8 Å². The topological polar surface area (TPSA) is 83.4 Å². The molecule has 0 bridgehead atoms. The van der Waals surface area contributed by atoms with Crippen LogP contribution in [0.3, 0.4) is 0 Å². The second-order valence-corrected chi connectivity index (χ2v) is 12.4. The van der Waals surface area contributed by atoms with Crippen molar-refractivity contribution in [2.75, 3.05) is 20.1 Å². The molecule has 4 atom stereocenters. The zero-order valence-electron chi connectivity index (χ0n) is 24.8. The summed E-state index contributed by atoms with van der Waals surface area (Å²) in [5.41, 5.74) is 2.37. The summed E-state index contributed by atoms with van der Waals surface area (Å²) >= 11 is 5.95. The van der Waals surface area contributed by atoms with E-state index in [-0.39, 0.29) is 47.1 Å². The number of halogens is 3. The predicted octanol–water partition coefficient (Wildman–Crippen LogP) is 5.34. The van der Waals surface area contributed by atoms with Crippen LogP contribution in [0, 0.1) is 23.5 Å². The first-order valence-corrected chi connectivity index (χ1v) is 15.4. The number of carbonyl (C=O) groups is 2. The van der Waals surface area contributed by atoms with E-state index >= 15 is 0 Å². The highest BCUT2D eigenvalue weighted by Gasteiger charge is 2.47. The highest BCUT2D eigenvalue weighted by atomic mass is 35.5. The Hall–Kier alpha value is -3.37. The van der Waals surface area contributed by atoms with Gasteiger partial charge in [-0.25, -0.2) is 8.78 Å². The fourth-order valence-corrected chi connectivity index (χ4v) is 6.64. The molecule has 4 unspecified atom stereocenters. The smallest absolute Gasteiger partial charge is 0.228 e. The van der Waals surface area contributed by atoms with Gasteiger partial charge in [0.25, 0.3) is 0 Å². The van der Waals surface area contributed by atoms with E-state index in [9.17, 15) is 18.4 Å². The van der Waals surface area contributed by atoms with Crippen LogP contribution in [0.15, 0.2) is 48.7 Å². The lowest BCUT2D eigenvalue weighted by Crippen LogP contribution is -2.42. The van der Waals surface area contributed by atoms with Gasteiger partial charge in [-0.3, -0.25) is 14.3 Å². The second kappa shape index (κ2) is 13.5. The van der Waals surface area contributed by atoms with Crippen molar-refractivity contribution in [3.05, 3.63) is 82.1 Å². The molecule has 2 fully saturated rings. The predicted molar refractivity (Wildman–Crippen MR) is 160 cm³/mol. The lowest BCUT2D eigenvalue weighted by atomic mass is 9.91. The molecule has 1 N–H and O–H groups in total. The lowest BCUT2D eigenvalue weighted by molar-refractivity contribution is -0.137. The van der Waals surface area contributed by atoms with Crippen molar-refractivity contribution in [2.24, 2.45) is 11.8 Å². The zero-order valence-corrected chi connectivity index (χ0v) is 25.6. The van der Waals surface area contributed by atoms with E-state index in [2.05, 4.69) is 15.6 Å². The van der Waals surface area contributed by atoms with Crippen molar-refractivity contribution in [3.8, 4) is 0 Å². The molecule has 230 valence electrons. The first kappa shape index (κ1) is 31.1. The van der Waals surface area contributed by atoms with Crippen molar-refractivity contribution < 1.29 is 18.4 Å². The first-order chi connectivity index (χ1) is 20.6. The van der Waals surface area contributed by atoms with Crippen LogP contribution in [0.2, 0.25) is 5.02 Å². The van der Waals surface area contributed by atoms with E-state index in [1.807, 2.05) is 36.7 Å². The third kappa shape index (κ3) is 7.07. The summed E-state index contributed by atoms with van der Waals surface area (Å²) in [6.45, 7) is 5.60. The summed E-state index contributed by atoms with van der Waals surface area (Å²) in [5.74, 6) is -1.44. The van der Waals surface area contributed by atoms with E-state index in [0.717, 1.165) is 30.5 Å². The summed E-state index contributed by atoms with van der Waals surface area (Å²) < 4.78 is 29.7. The largest absolute Gasteiger partial charge is 0.342 e. The Balaban J connectivity index is 1.29. The van der Waals surface area contributed by atoms with Crippen LogP contribution in [0.5, 0.6) is 0 Å². The number of carbonyl (C=O) groups excluding carboxylic acids is 2. The number of rotatable bonds is 9. The summed E-state index contributed by atoms with van der Waals surface area (Å²) in [4.78, 5) is 30.8. The molecular weight excluding hydrogens is 574 g/mol. The van der Waals surface area contributed by atoms with Gasteiger partial charge in [0.1, 0.15) is 11.6 Å². The number of hydrogen-bond donors (Lipinski definition) is 1. The molecule has 8 nitrogen and oxygen atoms in total. The van der Waals surface area contributed by atoms with E-state index in [0.29, 0.717) is 31.6 Å². The van der Waals surface area contributed by atoms with Gasteiger partial charge < -0.3 is 15.1 Å². The minimum absolute atomic E-state index is 0.00942. The van der Waals surface area contributed by atoms with E-state index in [1.165, 1.54) is 24.3 Å². The molecule has 43 heavy (non-hydrogen) atoms. The number of likely N-dealkylation sites (N-methyl/N-ethyl adjacent to an activating group) is 1. The van der Waals surface area contributed by atoms with Crippen LogP contribution in [0.4, 0.5) is 8.78 Å². The Kier molecular flexibility index (Phi) is 9.76. The van der Waals surface area contributed by atoms with Gasteiger partial charge in [0.2, 0.25) is 11.8 Å². The summed E-state index contributed by atoms with van der Waals surface area (Å²) in [6.07, 6.45) is 5.47. The molecule has 11 heteroatoms. The average molecular weight is 613 g/mol. The van der Waals surface area contributed by atoms with Gasteiger partial charge in [0.15, 0.2) is 0 Å². The molecule has 2 aromatic carbocycles. The Morgan fingerprint density at radius 1 is 1.14 bits per heavy atom. The quantitative estimate of drug-likeness (QED) is 0.353. The molecule has 1 aromatic heterocycles. The first-order valence-electron chi connectivity index (χ1n) is 15.0. The highest BCUT2D eigenvalue weighted by Crippen LogP contribution is 2.41. The van der Waals surface area contributed by atoms with Gasteiger partial charge in [0.05, 0.1) is 34.9 Å². The number of nitrogens with one attached hydrogen (secondary N) is 1. The molecule has 3 heterocycles. The Bertz CT molecular complexity index is 1430. The van der Waals surface area contributed by atoms with Crippen molar-refractivity contribution in [3.63, 3.8) is 0 Å². The SMILES string of the molecule is CNC(Cc1ccc(F)cc1)c1cn(CC2CCCCN(C(=O)C3CC(=O)N(C(C)C)C3c3ccc(Cl)c(F)c3)C2)nn1. The van der Waals surface area contributed by atoms with Gasteiger partial charge in [-0.15, -0.1) is 5.10 Å². The maximum absolute atomic E-state index is 14.5. The molecule has 3 aromatic rings. The molecule has 2 aliphatic rings. The molecule has 2 amide bonds. The van der Waals surface area contributed by atoms with Crippen LogP contribution >= 0.6 is 11.6 Å². The fraction of sp³-hybridized carbons (Fsp3) is 0.500. The van der Waals surface area contributed by atoms with Crippen LogP contribution in [-0.2, 0) is 22.6 Å². The monoisotopic (exact) mass is 612 g/mol. The second-order valence-electron chi connectivity index (χ2n) is 12.0. The maximum Gasteiger partial charge on any atom is 0.228 e. The number of amides is 2. The lowest BCUT2D eigenvalue weighted by Gasteiger charge is -2.34. The third-order valence-corrected chi connectivity index (χ3v) is 8.97. The minimum atomic E-state index is -0.602. The molecule has 0 aliphatic carbocycles. The van der Waals surface area contributed by atoms with Crippen molar-refractivity contribution in [1.82, 2.24) is 30.1 Å². The third-order valence-electron chi connectivity index (χ3n) is 8.66. The van der Waals surface area contributed by atoms with Crippen molar-refractivity contribution >= 4 is 23.4 Å². The van der Waals surface area contributed by atoms with Crippen molar-refractivity contribution in [1.29, 1.82) is 0 Å². The summed E-state index contributed by atoms with van der Waals surface area (Å²) in [6, 6.07) is 10.2. The molecule has 2 aliphatic heterocycles. The van der Waals surface area contributed by atoms with Crippen LogP contribution in [0.1, 0.15) is 68.4 Å². The molecule has 0 spiro atoms. The minimum Gasteiger partial charge on any atom is -0.342 e. The van der Waals surface area contributed by atoms with E-state index in [1.54, 1.807) is 23.1 Å². The molecule has 5 rings (SSSR count). The van der Waals surface area contributed by atoms with Crippen LogP contribution in [0.25, 0.3) is 0 Å². The summed E-state index contributed by atoms with van der Waals surface area (Å²) in [5, 5.41) is 12.1. The van der Waals surface area contributed by atoms with Gasteiger partial charge in [-0.05, 0) is 81.5 Å². The number of likely N-dealkylation sites (tertiary alicyclic amines) is 2. The number of aromatic nitrogens is 3. The normalized spacial score (nSPS) is 21.8. The molecule has 2 saturated heterocycles. The Morgan fingerprint density at radius 2 is 1.91 bits per heavy atom. The summed E-state index contributed by atoms with van der Waals surface area (Å²) in [7, 11) is 1.86. The molecule has 0 radical (unpaired) electrons. The molecular formula is C32H39ClF2N6O2. The van der Waals surface area contributed by atoms with Gasteiger partial charge in [-0.2, -0.15) is 0 Å². The van der Waals surface area contributed by atoms with Gasteiger partial charge in [-0.1, -0.05) is 41.4 Å². The Morgan fingerprint density at radius 3 is 2.60 bits per heavy atom. The number of benzene rings is 2. The van der Waals surface area contributed by atoms with Crippen molar-refractivity contribution in [2.45, 2.75) is 70.6 Å². The average Bonchev–Trinajstić information content (AvgIpc) is 3.51. The maximum atomic E-state index is 14.5. The zero-order chi connectivity index (χ0) is 30.7. The van der Waals surface area contributed by atoms with Gasteiger partial charge in [0, 0.05) is 32.1 Å². The standard InChI is InChI=1S/C32H39ClF2N6O2/c1-20(2)41-30(42)16-25(31(41)23-9-12-26(33)27(35)15-23)32(43)39-13-5-4-6-22(17-39)18-40-19-29(37-38-40)28(36-3)14-21-7-10-24(34)11-8-21/h7-12,15,19-20,22,25,28,31,36H,4-6,13-14,16-18H2,1-3H3. The number of nitrogens with zero attached hydrogens (tertiary/aromatic N) is 5. The van der Waals surface area contributed by atoms with E-state index in [4.69, 9.17) is 11.6 Å². The number of hydrogen-bond acceptors (Lipinski definition) is 5. The molecule has 0 saturated carbocycles. The van der Waals surface area contributed by atoms with Crippen LogP contribution < -0.4 is 5.32 Å². The van der Waals surface area contributed by atoms with Crippen LogP contribution in [-0.4, -0.2) is 62.8 Å².